The zero-order valence-corrected chi connectivity index (χ0v) is 7.60. The van der Waals surface area contributed by atoms with Gasteiger partial charge in [-0.25, -0.2) is 14.5 Å². The predicted octanol–water partition coefficient (Wildman–Crippen LogP) is 0.537. The highest BCUT2D eigenvalue weighted by Crippen LogP contribution is 2.13. The maximum atomic E-state index is 11.2. The number of rotatable bonds is 1. The number of benzene rings is 1. The minimum Gasteiger partial charge on any atom is -0.465 e. The number of esters is 1. The van der Waals surface area contributed by atoms with Gasteiger partial charge in [-0.1, -0.05) is 0 Å². The molecule has 0 unspecified atom stereocenters. The summed E-state index contributed by atoms with van der Waals surface area (Å²) < 4.78 is 5.99. The van der Waals surface area contributed by atoms with Crippen molar-refractivity contribution in [2.45, 2.75) is 0 Å². The first-order valence-electron chi connectivity index (χ1n) is 4.03. The molecule has 1 aromatic heterocycles. The number of nitrogens with zero attached hydrogens (tertiary/aromatic N) is 2. The maximum Gasteiger partial charge on any atom is 0.337 e. The molecule has 1 heterocycles. The summed E-state index contributed by atoms with van der Waals surface area (Å²) in [4.78, 5) is 15.2. The van der Waals surface area contributed by atoms with E-state index >= 15 is 0 Å². The molecule has 0 aliphatic carbocycles. The molecule has 14 heavy (non-hydrogen) atoms. The fourth-order valence-corrected chi connectivity index (χ4v) is 1.28. The molecule has 2 aromatic rings. The zero-order chi connectivity index (χ0) is 10.1. The number of ether oxygens (including phenoxy) is 1. The molecule has 0 saturated carbocycles. The monoisotopic (exact) mass is 191 g/mol. The highest BCUT2D eigenvalue weighted by atomic mass is 16.5. The largest absolute Gasteiger partial charge is 0.465 e. The van der Waals surface area contributed by atoms with Crippen LogP contribution >= 0.6 is 0 Å². The first kappa shape index (κ1) is 8.55. The lowest BCUT2D eigenvalue weighted by Crippen LogP contribution is -2.05. The van der Waals surface area contributed by atoms with E-state index in [0.29, 0.717) is 11.1 Å². The Morgan fingerprint density at radius 2 is 2.36 bits per heavy atom. The van der Waals surface area contributed by atoms with E-state index in [-0.39, 0.29) is 5.97 Å². The molecule has 2 rings (SSSR count). The van der Waals surface area contributed by atoms with Crippen molar-refractivity contribution in [3.63, 3.8) is 0 Å². The molecule has 72 valence electrons. The van der Waals surface area contributed by atoms with Crippen molar-refractivity contribution in [2.24, 2.45) is 0 Å². The number of aromatic nitrogens is 2. The molecule has 2 N–H and O–H groups in total. The summed E-state index contributed by atoms with van der Waals surface area (Å²) in [5.74, 6) is 5.20. The van der Waals surface area contributed by atoms with Crippen molar-refractivity contribution < 1.29 is 9.53 Å². The minimum atomic E-state index is -0.376. The molecule has 5 heteroatoms. The van der Waals surface area contributed by atoms with Gasteiger partial charge in [0, 0.05) is 0 Å². The number of nitrogens with two attached hydrogens (primary N) is 1. The van der Waals surface area contributed by atoms with Crippen molar-refractivity contribution in [1.29, 1.82) is 0 Å². The summed E-state index contributed by atoms with van der Waals surface area (Å²) in [6.45, 7) is 0. The minimum absolute atomic E-state index is 0.376. The van der Waals surface area contributed by atoms with Crippen LogP contribution in [0.25, 0.3) is 11.0 Å². The fourth-order valence-electron chi connectivity index (χ4n) is 1.28. The standard InChI is InChI=1S/C9H9N3O2/c1-14-9(13)6-2-3-8-7(4-6)11-5-12(8)10/h2-5H,10H2,1H3. The number of hydrogen-bond acceptors (Lipinski definition) is 4. The van der Waals surface area contributed by atoms with Crippen LogP contribution in [0.2, 0.25) is 0 Å². The molecule has 0 aliphatic rings. The lowest BCUT2D eigenvalue weighted by Gasteiger charge is -1.98. The summed E-state index contributed by atoms with van der Waals surface area (Å²) in [5.41, 5.74) is 1.92. The van der Waals surface area contributed by atoms with E-state index in [4.69, 9.17) is 5.84 Å². The van der Waals surface area contributed by atoms with E-state index in [1.165, 1.54) is 18.1 Å². The smallest absolute Gasteiger partial charge is 0.337 e. The van der Waals surface area contributed by atoms with Gasteiger partial charge in [-0.05, 0) is 18.2 Å². The number of nitrogen functional groups attached to an aromatic ring is 1. The Bertz CT molecular complexity index is 490. The van der Waals surface area contributed by atoms with E-state index in [2.05, 4.69) is 9.72 Å². The van der Waals surface area contributed by atoms with E-state index in [1.807, 2.05) is 0 Å². The van der Waals surface area contributed by atoms with Crippen LogP contribution < -0.4 is 5.84 Å². The summed E-state index contributed by atoms with van der Waals surface area (Å²) >= 11 is 0. The van der Waals surface area contributed by atoms with Crippen molar-refractivity contribution in [3.05, 3.63) is 30.1 Å². The van der Waals surface area contributed by atoms with E-state index < -0.39 is 0 Å². The summed E-state index contributed by atoms with van der Waals surface area (Å²) in [6, 6.07) is 5.03. The third kappa shape index (κ3) is 1.19. The van der Waals surface area contributed by atoms with E-state index in [1.54, 1.807) is 18.2 Å². The Labute approximate surface area is 80.1 Å². The highest BCUT2D eigenvalue weighted by Gasteiger charge is 2.07. The topological polar surface area (TPSA) is 70.1 Å². The quantitative estimate of drug-likeness (QED) is 0.527. The molecular formula is C9H9N3O2. The van der Waals surface area contributed by atoms with Crippen molar-refractivity contribution in [3.8, 4) is 0 Å². The van der Waals surface area contributed by atoms with Crippen LogP contribution in [0.3, 0.4) is 0 Å². The van der Waals surface area contributed by atoms with Crippen LogP contribution in [-0.2, 0) is 4.74 Å². The second kappa shape index (κ2) is 3.02. The van der Waals surface area contributed by atoms with Gasteiger partial charge >= 0.3 is 5.97 Å². The lowest BCUT2D eigenvalue weighted by atomic mass is 10.2. The van der Waals surface area contributed by atoms with Crippen molar-refractivity contribution in [1.82, 2.24) is 9.66 Å². The average Bonchev–Trinajstić information content (AvgIpc) is 2.59. The van der Waals surface area contributed by atoms with E-state index in [0.717, 1.165) is 5.52 Å². The summed E-state index contributed by atoms with van der Waals surface area (Å²) in [7, 11) is 1.34. The molecule has 0 aliphatic heterocycles. The number of carbonyl (C=O) groups excluding carboxylic acids is 1. The van der Waals surface area contributed by atoms with Crippen LogP contribution in [0.15, 0.2) is 24.5 Å². The van der Waals surface area contributed by atoms with Gasteiger partial charge in [-0.2, -0.15) is 0 Å². The molecule has 0 spiro atoms. The Morgan fingerprint density at radius 1 is 1.57 bits per heavy atom. The predicted molar refractivity (Wildman–Crippen MR) is 51.2 cm³/mol. The molecule has 0 atom stereocenters. The van der Waals surface area contributed by atoms with Gasteiger partial charge < -0.3 is 10.6 Å². The van der Waals surface area contributed by atoms with E-state index in [9.17, 15) is 4.79 Å². The Balaban J connectivity index is 2.57. The average molecular weight is 191 g/mol. The van der Waals surface area contributed by atoms with Crippen molar-refractivity contribution >= 4 is 17.0 Å². The number of carbonyl (C=O) groups is 1. The summed E-state index contributed by atoms with van der Waals surface area (Å²) in [6.07, 6.45) is 1.49. The first-order chi connectivity index (χ1) is 6.72. The normalized spacial score (nSPS) is 10.4. The first-order valence-corrected chi connectivity index (χ1v) is 4.03. The number of fused-ring (bicyclic) bond motifs is 1. The zero-order valence-electron chi connectivity index (χ0n) is 7.60. The summed E-state index contributed by atoms with van der Waals surface area (Å²) in [5, 5.41) is 0. The SMILES string of the molecule is COC(=O)c1ccc2c(c1)ncn2N. The van der Waals surface area contributed by atoms with Gasteiger partial charge in [0.05, 0.1) is 23.7 Å². The molecule has 1 aromatic carbocycles. The second-order valence-electron chi connectivity index (χ2n) is 2.85. The van der Waals surface area contributed by atoms with Gasteiger partial charge in [-0.15, -0.1) is 0 Å². The molecule has 0 fully saturated rings. The van der Waals surface area contributed by atoms with Crippen molar-refractivity contribution in [2.75, 3.05) is 13.0 Å². The van der Waals surface area contributed by atoms with Gasteiger partial charge in [0.2, 0.25) is 0 Å². The molecular weight excluding hydrogens is 182 g/mol. The number of imidazole rings is 1. The van der Waals surface area contributed by atoms with Crippen LogP contribution in [0.4, 0.5) is 0 Å². The molecule has 0 saturated heterocycles. The maximum absolute atomic E-state index is 11.2. The Hall–Kier alpha value is -2.04. The Morgan fingerprint density at radius 3 is 3.07 bits per heavy atom. The molecule has 0 bridgehead atoms. The van der Waals surface area contributed by atoms with Crippen LogP contribution in [-0.4, -0.2) is 22.7 Å². The van der Waals surface area contributed by atoms with Gasteiger partial charge in [0.25, 0.3) is 0 Å². The lowest BCUT2D eigenvalue weighted by molar-refractivity contribution is 0.0601. The molecule has 0 radical (unpaired) electrons. The van der Waals surface area contributed by atoms with Crippen LogP contribution in [0, 0.1) is 0 Å². The van der Waals surface area contributed by atoms with Crippen LogP contribution in [0.5, 0.6) is 0 Å². The van der Waals surface area contributed by atoms with Gasteiger partial charge in [-0.3, -0.25) is 0 Å². The molecule has 0 amide bonds. The Kier molecular flexibility index (Phi) is 1.85. The fraction of sp³-hybridized carbons (Fsp3) is 0.111. The number of hydrogen-bond donors (Lipinski definition) is 1. The third-order valence-electron chi connectivity index (χ3n) is 2.00. The highest BCUT2D eigenvalue weighted by molar-refractivity contribution is 5.93. The number of methoxy groups -OCH3 is 1. The second-order valence-corrected chi connectivity index (χ2v) is 2.85. The third-order valence-corrected chi connectivity index (χ3v) is 2.00. The van der Waals surface area contributed by atoms with Gasteiger partial charge in [0.1, 0.15) is 6.33 Å². The van der Waals surface area contributed by atoms with Crippen LogP contribution in [0.1, 0.15) is 10.4 Å². The molecule has 5 nitrogen and oxygen atoms in total. The van der Waals surface area contributed by atoms with Gasteiger partial charge in [0.15, 0.2) is 0 Å².